The van der Waals surface area contributed by atoms with Crippen LogP contribution in [-0.4, -0.2) is 56.2 Å². The van der Waals surface area contributed by atoms with Crippen molar-refractivity contribution < 1.29 is 14.3 Å². The van der Waals surface area contributed by atoms with Crippen LogP contribution in [0.3, 0.4) is 0 Å². The number of methoxy groups -OCH3 is 2. The van der Waals surface area contributed by atoms with Crippen LogP contribution in [0.25, 0.3) is 0 Å². The Morgan fingerprint density at radius 2 is 1.57 bits per heavy atom. The zero-order valence-electron chi connectivity index (χ0n) is 17.1. The Kier molecular flexibility index (Phi) is 6.41. The Morgan fingerprint density at radius 3 is 2.18 bits per heavy atom. The third kappa shape index (κ3) is 4.95. The van der Waals surface area contributed by atoms with Crippen LogP contribution in [0, 0.1) is 13.8 Å². The SMILES string of the molecule is COc1ccc(CN2CCN(C(=O)Nc3cc(C)cc(C)c3)CC2)cc1OC. The Morgan fingerprint density at radius 1 is 0.929 bits per heavy atom. The molecule has 1 N–H and O–H groups in total. The number of rotatable bonds is 5. The molecule has 1 fully saturated rings. The van der Waals surface area contributed by atoms with Gasteiger partial charge in [-0.1, -0.05) is 12.1 Å². The molecule has 1 aliphatic heterocycles. The third-order valence-electron chi connectivity index (χ3n) is 4.99. The second-order valence-corrected chi connectivity index (χ2v) is 7.26. The van der Waals surface area contributed by atoms with E-state index >= 15 is 0 Å². The van der Waals surface area contributed by atoms with Crippen LogP contribution in [0.15, 0.2) is 36.4 Å². The van der Waals surface area contributed by atoms with E-state index in [4.69, 9.17) is 9.47 Å². The minimum absolute atomic E-state index is 0.0317. The Bertz CT molecular complexity index is 810. The van der Waals surface area contributed by atoms with Gasteiger partial charge >= 0.3 is 6.03 Å². The highest BCUT2D eigenvalue weighted by atomic mass is 16.5. The summed E-state index contributed by atoms with van der Waals surface area (Å²) >= 11 is 0. The van der Waals surface area contributed by atoms with E-state index in [1.165, 1.54) is 5.56 Å². The van der Waals surface area contributed by atoms with Crippen molar-refractivity contribution >= 4 is 11.7 Å². The number of hydrogen-bond donors (Lipinski definition) is 1. The zero-order valence-corrected chi connectivity index (χ0v) is 17.1. The fraction of sp³-hybridized carbons (Fsp3) is 0.409. The number of hydrogen-bond acceptors (Lipinski definition) is 4. The van der Waals surface area contributed by atoms with E-state index in [1.54, 1.807) is 14.2 Å². The molecule has 0 saturated carbocycles. The van der Waals surface area contributed by atoms with Gasteiger partial charge in [0.15, 0.2) is 11.5 Å². The van der Waals surface area contributed by atoms with Crippen LogP contribution >= 0.6 is 0 Å². The molecule has 0 spiro atoms. The molecule has 2 amide bonds. The fourth-order valence-corrected chi connectivity index (χ4v) is 3.60. The highest BCUT2D eigenvalue weighted by Crippen LogP contribution is 2.28. The number of urea groups is 1. The van der Waals surface area contributed by atoms with Gasteiger partial charge in [0.1, 0.15) is 0 Å². The summed E-state index contributed by atoms with van der Waals surface area (Å²) in [4.78, 5) is 16.8. The number of ether oxygens (including phenoxy) is 2. The van der Waals surface area contributed by atoms with Gasteiger partial charge in [-0.2, -0.15) is 0 Å². The molecule has 0 aliphatic carbocycles. The van der Waals surface area contributed by atoms with E-state index in [1.807, 2.05) is 43.0 Å². The Hall–Kier alpha value is -2.73. The summed E-state index contributed by atoms with van der Waals surface area (Å²) in [5, 5.41) is 3.02. The maximum absolute atomic E-state index is 12.6. The summed E-state index contributed by atoms with van der Waals surface area (Å²) in [6, 6.07) is 12.1. The number of nitrogens with one attached hydrogen (secondary N) is 1. The Balaban J connectivity index is 1.53. The minimum atomic E-state index is -0.0317. The molecule has 150 valence electrons. The predicted molar refractivity (Wildman–Crippen MR) is 111 cm³/mol. The first-order valence-corrected chi connectivity index (χ1v) is 9.56. The third-order valence-corrected chi connectivity index (χ3v) is 4.99. The number of amides is 2. The summed E-state index contributed by atoms with van der Waals surface area (Å²) in [5.41, 5.74) is 4.33. The number of piperazine rings is 1. The van der Waals surface area contributed by atoms with Crippen molar-refractivity contribution in [1.82, 2.24) is 9.80 Å². The van der Waals surface area contributed by atoms with Gasteiger partial charge in [0, 0.05) is 38.4 Å². The zero-order chi connectivity index (χ0) is 20.1. The van der Waals surface area contributed by atoms with Gasteiger partial charge in [-0.15, -0.1) is 0 Å². The summed E-state index contributed by atoms with van der Waals surface area (Å²) in [6.45, 7) is 8.01. The maximum atomic E-state index is 12.6. The van der Waals surface area contributed by atoms with Crippen LogP contribution in [-0.2, 0) is 6.54 Å². The minimum Gasteiger partial charge on any atom is -0.493 e. The summed E-state index contributed by atoms with van der Waals surface area (Å²) in [7, 11) is 3.29. The van der Waals surface area contributed by atoms with E-state index in [-0.39, 0.29) is 6.03 Å². The quantitative estimate of drug-likeness (QED) is 0.856. The average Bonchev–Trinajstić information content (AvgIpc) is 2.67. The molecule has 1 aliphatic rings. The van der Waals surface area contributed by atoms with Crippen molar-refractivity contribution in [1.29, 1.82) is 0 Å². The lowest BCUT2D eigenvalue weighted by atomic mass is 10.1. The first kappa shape index (κ1) is 20.0. The molecule has 2 aromatic carbocycles. The number of carbonyl (C=O) groups is 1. The number of anilines is 1. The molecule has 3 rings (SSSR count). The molecular formula is C22H29N3O3. The molecule has 6 heteroatoms. The van der Waals surface area contributed by atoms with Gasteiger partial charge in [0.2, 0.25) is 0 Å². The van der Waals surface area contributed by atoms with Crippen LogP contribution in [0.2, 0.25) is 0 Å². The fourth-order valence-electron chi connectivity index (χ4n) is 3.60. The van der Waals surface area contributed by atoms with Gasteiger partial charge in [-0.25, -0.2) is 4.79 Å². The summed E-state index contributed by atoms with van der Waals surface area (Å²) in [5.74, 6) is 1.48. The van der Waals surface area contributed by atoms with Gasteiger partial charge in [0.05, 0.1) is 14.2 Å². The molecule has 2 aromatic rings. The number of aryl methyl sites for hydroxylation is 2. The molecule has 1 saturated heterocycles. The molecule has 1 heterocycles. The van der Waals surface area contributed by atoms with Crippen molar-refractivity contribution in [2.24, 2.45) is 0 Å². The number of nitrogens with zero attached hydrogens (tertiary/aromatic N) is 2. The molecule has 0 unspecified atom stereocenters. The van der Waals surface area contributed by atoms with E-state index in [9.17, 15) is 4.79 Å². The van der Waals surface area contributed by atoms with E-state index in [0.717, 1.165) is 47.9 Å². The van der Waals surface area contributed by atoms with Crippen LogP contribution in [0.5, 0.6) is 11.5 Å². The van der Waals surface area contributed by atoms with E-state index in [2.05, 4.69) is 22.3 Å². The van der Waals surface area contributed by atoms with Crippen molar-refractivity contribution in [2.75, 3.05) is 45.7 Å². The van der Waals surface area contributed by atoms with Crippen molar-refractivity contribution in [3.05, 3.63) is 53.1 Å². The first-order valence-electron chi connectivity index (χ1n) is 9.56. The number of benzene rings is 2. The highest BCUT2D eigenvalue weighted by Gasteiger charge is 2.21. The van der Waals surface area contributed by atoms with Crippen LogP contribution in [0.4, 0.5) is 10.5 Å². The average molecular weight is 383 g/mol. The Labute approximate surface area is 167 Å². The molecule has 28 heavy (non-hydrogen) atoms. The number of carbonyl (C=O) groups excluding carboxylic acids is 1. The lowest BCUT2D eigenvalue weighted by molar-refractivity contribution is 0.143. The largest absolute Gasteiger partial charge is 0.493 e. The lowest BCUT2D eigenvalue weighted by Gasteiger charge is -2.34. The van der Waals surface area contributed by atoms with Gasteiger partial charge < -0.3 is 19.7 Å². The molecule has 0 bridgehead atoms. The molecule has 0 atom stereocenters. The smallest absolute Gasteiger partial charge is 0.321 e. The normalized spacial score (nSPS) is 14.6. The molecule has 0 aromatic heterocycles. The monoisotopic (exact) mass is 383 g/mol. The predicted octanol–water partition coefficient (Wildman–Crippen LogP) is 3.67. The molecular weight excluding hydrogens is 354 g/mol. The van der Waals surface area contributed by atoms with Crippen LogP contribution in [0.1, 0.15) is 16.7 Å². The van der Waals surface area contributed by atoms with E-state index in [0.29, 0.717) is 13.1 Å². The van der Waals surface area contributed by atoms with E-state index < -0.39 is 0 Å². The molecule has 6 nitrogen and oxygen atoms in total. The second kappa shape index (κ2) is 8.97. The van der Waals surface area contributed by atoms with Gasteiger partial charge in [0.25, 0.3) is 0 Å². The van der Waals surface area contributed by atoms with Crippen molar-refractivity contribution in [3.63, 3.8) is 0 Å². The standard InChI is InChI=1S/C22H29N3O3/c1-16-11-17(2)13-19(12-16)23-22(26)25-9-7-24(8-10-25)15-18-5-6-20(27-3)21(14-18)28-4/h5-6,11-14H,7-10,15H2,1-4H3,(H,23,26). The summed E-state index contributed by atoms with van der Waals surface area (Å²) in [6.07, 6.45) is 0. The summed E-state index contributed by atoms with van der Waals surface area (Å²) < 4.78 is 10.7. The van der Waals surface area contributed by atoms with Crippen LogP contribution < -0.4 is 14.8 Å². The first-order chi connectivity index (χ1) is 13.5. The lowest BCUT2D eigenvalue weighted by Crippen LogP contribution is -2.49. The second-order valence-electron chi connectivity index (χ2n) is 7.26. The van der Waals surface area contributed by atoms with Crippen molar-refractivity contribution in [3.8, 4) is 11.5 Å². The topological polar surface area (TPSA) is 54.0 Å². The molecule has 0 radical (unpaired) electrons. The van der Waals surface area contributed by atoms with Gasteiger partial charge in [-0.05, 0) is 54.8 Å². The van der Waals surface area contributed by atoms with Gasteiger partial charge in [-0.3, -0.25) is 4.90 Å². The maximum Gasteiger partial charge on any atom is 0.321 e. The highest BCUT2D eigenvalue weighted by molar-refractivity contribution is 5.89. The van der Waals surface area contributed by atoms with Crippen molar-refractivity contribution in [2.45, 2.75) is 20.4 Å².